The van der Waals surface area contributed by atoms with Crippen LogP contribution in [-0.2, 0) is 0 Å². The maximum Gasteiger partial charge on any atom is 0.202 e. The molecule has 0 N–H and O–H groups in total. The molecule has 0 amide bonds. The normalized spacial score (nSPS) is 19.5. The maximum atomic E-state index is 12.9. The molecule has 2 aliphatic rings. The molecule has 2 heterocycles. The summed E-state index contributed by atoms with van der Waals surface area (Å²) >= 11 is 1.62. The maximum absolute atomic E-state index is 12.9. The molecule has 1 fully saturated rings. The van der Waals surface area contributed by atoms with E-state index in [0.717, 1.165) is 39.7 Å². The van der Waals surface area contributed by atoms with Crippen molar-refractivity contribution >= 4 is 23.2 Å². The summed E-state index contributed by atoms with van der Waals surface area (Å²) in [7, 11) is 0. The van der Waals surface area contributed by atoms with Crippen molar-refractivity contribution in [1.82, 2.24) is 4.90 Å². The fourth-order valence-corrected chi connectivity index (χ4v) is 4.36. The van der Waals surface area contributed by atoms with E-state index in [0.29, 0.717) is 0 Å². The van der Waals surface area contributed by atoms with E-state index in [-0.39, 0.29) is 5.78 Å². The van der Waals surface area contributed by atoms with Crippen LogP contribution in [0.1, 0.15) is 28.8 Å². The molecule has 0 bridgehead atoms. The van der Waals surface area contributed by atoms with Gasteiger partial charge in [-0.1, -0.05) is 54.2 Å². The first kappa shape index (κ1) is 13.6. The Morgan fingerprint density at radius 1 is 0.909 bits per heavy atom. The lowest BCUT2D eigenvalue weighted by Crippen LogP contribution is -2.20. The Kier molecular flexibility index (Phi) is 3.51. The largest absolute Gasteiger partial charge is 0.370 e. The molecular formula is C19H17NOS. The Morgan fingerprint density at radius 3 is 2.32 bits per heavy atom. The van der Waals surface area contributed by atoms with Gasteiger partial charge in [-0.05, 0) is 30.5 Å². The molecule has 0 aliphatic carbocycles. The summed E-state index contributed by atoms with van der Waals surface area (Å²) < 4.78 is 0. The number of benzene rings is 2. The number of rotatable bonds is 2. The number of hydrogen-bond acceptors (Lipinski definition) is 3. The van der Waals surface area contributed by atoms with Crippen molar-refractivity contribution in [2.45, 2.75) is 17.7 Å². The third-order valence-corrected chi connectivity index (χ3v) is 5.39. The quantitative estimate of drug-likeness (QED) is 0.765. The van der Waals surface area contributed by atoms with Crippen LogP contribution in [-0.4, -0.2) is 23.8 Å². The predicted octanol–water partition coefficient (Wildman–Crippen LogP) is 4.44. The van der Waals surface area contributed by atoms with Crippen molar-refractivity contribution in [2.24, 2.45) is 0 Å². The van der Waals surface area contributed by atoms with Crippen molar-refractivity contribution in [3.8, 4) is 0 Å². The third kappa shape index (κ3) is 2.26. The highest BCUT2D eigenvalue weighted by Crippen LogP contribution is 2.44. The minimum Gasteiger partial charge on any atom is -0.370 e. The number of hydrogen-bond donors (Lipinski definition) is 0. The Balaban J connectivity index is 1.86. The van der Waals surface area contributed by atoms with E-state index in [2.05, 4.69) is 17.0 Å². The average molecular weight is 307 g/mol. The van der Waals surface area contributed by atoms with Crippen LogP contribution in [0.25, 0.3) is 5.70 Å². The number of carbonyl (C=O) groups is 1. The lowest BCUT2D eigenvalue weighted by Gasteiger charge is -2.23. The lowest BCUT2D eigenvalue weighted by molar-refractivity contribution is 0.104. The first-order valence-electron chi connectivity index (χ1n) is 7.71. The molecule has 0 atom stereocenters. The molecule has 0 radical (unpaired) electrons. The molecular weight excluding hydrogens is 290 g/mol. The van der Waals surface area contributed by atoms with E-state index < -0.39 is 0 Å². The molecule has 22 heavy (non-hydrogen) atoms. The van der Waals surface area contributed by atoms with Crippen molar-refractivity contribution in [3.05, 3.63) is 70.6 Å². The summed E-state index contributed by atoms with van der Waals surface area (Å²) in [4.78, 5) is 17.2. The molecule has 2 nitrogen and oxygen atoms in total. The Bertz CT molecular complexity index is 745. The van der Waals surface area contributed by atoms with Crippen molar-refractivity contribution in [2.75, 3.05) is 13.1 Å². The second kappa shape index (κ2) is 5.65. The minimum absolute atomic E-state index is 0.173. The van der Waals surface area contributed by atoms with Gasteiger partial charge in [0.1, 0.15) is 0 Å². The highest BCUT2D eigenvalue weighted by atomic mass is 32.2. The van der Waals surface area contributed by atoms with Crippen LogP contribution in [0, 0.1) is 0 Å². The summed E-state index contributed by atoms with van der Waals surface area (Å²) in [5.41, 5.74) is 3.10. The lowest BCUT2D eigenvalue weighted by atomic mass is 10.1. The first-order chi connectivity index (χ1) is 10.8. The van der Waals surface area contributed by atoms with Gasteiger partial charge in [-0.25, -0.2) is 0 Å². The molecule has 4 rings (SSSR count). The third-order valence-electron chi connectivity index (χ3n) is 4.23. The van der Waals surface area contributed by atoms with E-state index in [1.807, 2.05) is 42.5 Å². The number of fused-ring (bicyclic) bond motifs is 1. The Hall–Kier alpha value is -2.00. The summed E-state index contributed by atoms with van der Waals surface area (Å²) in [6, 6.07) is 18.2. The van der Waals surface area contributed by atoms with E-state index >= 15 is 0 Å². The number of Topliss-reactive ketones (excluding diaryl/α,β-unsaturated/α-hetero) is 1. The van der Waals surface area contributed by atoms with E-state index in [1.54, 1.807) is 11.8 Å². The van der Waals surface area contributed by atoms with Gasteiger partial charge in [0.15, 0.2) is 0 Å². The molecule has 0 aromatic heterocycles. The zero-order valence-electron chi connectivity index (χ0n) is 12.3. The number of allylic oxidation sites excluding steroid dienone is 1. The number of thioether (sulfide) groups is 1. The van der Waals surface area contributed by atoms with Gasteiger partial charge in [-0.2, -0.15) is 0 Å². The monoisotopic (exact) mass is 307 g/mol. The number of likely N-dealkylation sites (tertiary alicyclic amines) is 1. The number of nitrogens with zero attached hydrogens (tertiary/aromatic N) is 1. The van der Waals surface area contributed by atoms with Gasteiger partial charge in [-0.3, -0.25) is 4.79 Å². The molecule has 1 saturated heterocycles. The van der Waals surface area contributed by atoms with Gasteiger partial charge in [0, 0.05) is 23.5 Å². The zero-order valence-corrected chi connectivity index (χ0v) is 13.1. The van der Waals surface area contributed by atoms with Gasteiger partial charge in [-0.15, -0.1) is 0 Å². The summed E-state index contributed by atoms with van der Waals surface area (Å²) in [6.07, 6.45) is 2.41. The van der Waals surface area contributed by atoms with E-state index in [1.165, 1.54) is 12.8 Å². The topological polar surface area (TPSA) is 20.3 Å². The van der Waals surface area contributed by atoms with Crippen molar-refractivity contribution in [1.29, 1.82) is 0 Å². The van der Waals surface area contributed by atoms with Gasteiger partial charge in [0.25, 0.3) is 0 Å². The predicted molar refractivity (Wildman–Crippen MR) is 90.8 cm³/mol. The van der Waals surface area contributed by atoms with E-state index in [9.17, 15) is 4.79 Å². The van der Waals surface area contributed by atoms with Crippen LogP contribution in [0.3, 0.4) is 0 Å². The van der Waals surface area contributed by atoms with Crippen LogP contribution in [0.2, 0.25) is 0 Å². The molecule has 3 heteroatoms. The van der Waals surface area contributed by atoms with Crippen LogP contribution in [0.15, 0.2) is 64.4 Å². The number of carbonyl (C=O) groups excluding carboxylic acids is 1. The second-order valence-electron chi connectivity index (χ2n) is 5.67. The fraction of sp³-hybridized carbons (Fsp3) is 0.211. The Labute approximate surface area is 134 Å². The molecule has 0 unspecified atom stereocenters. The second-order valence-corrected chi connectivity index (χ2v) is 6.72. The van der Waals surface area contributed by atoms with Gasteiger partial charge in [0.2, 0.25) is 5.78 Å². The minimum atomic E-state index is 0.173. The highest BCUT2D eigenvalue weighted by molar-refractivity contribution is 8.05. The first-order valence-corrected chi connectivity index (χ1v) is 8.52. The average Bonchev–Trinajstić information content (AvgIpc) is 3.19. The van der Waals surface area contributed by atoms with Crippen LogP contribution >= 0.6 is 11.8 Å². The van der Waals surface area contributed by atoms with Crippen molar-refractivity contribution < 1.29 is 4.79 Å². The zero-order chi connectivity index (χ0) is 14.9. The molecule has 2 aromatic carbocycles. The summed E-state index contributed by atoms with van der Waals surface area (Å²) in [5, 5.41) is 0. The fourth-order valence-electron chi connectivity index (χ4n) is 3.17. The van der Waals surface area contributed by atoms with Gasteiger partial charge in [0.05, 0.1) is 10.6 Å². The summed E-state index contributed by atoms with van der Waals surface area (Å²) in [5.74, 6) is 0.173. The van der Waals surface area contributed by atoms with E-state index in [4.69, 9.17) is 0 Å². The van der Waals surface area contributed by atoms with Crippen molar-refractivity contribution in [3.63, 3.8) is 0 Å². The Morgan fingerprint density at radius 2 is 1.59 bits per heavy atom. The van der Waals surface area contributed by atoms with Crippen LogP contribution in [0.5, 0.6) is 0 Å². The standard InChI is InChI=1S/C19H17NOS/c21-18-15-10-4-5-11-16(15)22-19(18)17(20-12-6-7-13-20)14-8-2-1-3-9-14/h1-5,8-11H,6-7,12-13H2. The summed E-state index contributed by atoms with van der Waals surface area (Å²) in [6.45, 7) is 2.08. The number of ketones is 1. The smallest absolute Gasteiger partial charge is 0.202 e. The highest BCUT2D eigenvalue weighted by Gasteiger charge is 2.31. The SMILES string of the molecule is O=C1C(=C(c2ccccc2)N2CCCC2)Sc2ccccc21. The molecule has 2 aromatic rings. The van der Waals surface area contributed by atoms with Gasteiger partial charge >= 0.3 is 0 Å². The molecule has 2 aliphatic heterocycles. The molecule has 110 valence electrons. The molecule has 0 spiro atoms. The molecule has 0 saturated carbocycles. The van der Waals surface area contributed by atoms with Gasteiger partial charge < -0.3 is 4.90 Å². The van der Waals surface area contributed by atoms with Crippen LogP contribution in [0.4, 0.5) is 0 Å². The van der Waals surface area contributed by atoms with Crippen LogP contribution < -0.4 is 0 Å².